The van der Waals surface area contributed by atoms with Crippen molar-refractivity contribution in [3.8, 4) is 0 Å². The Kier molecular flexibility index (Phi) is 7.87. The van der Waals surface area contributed by atoms with E-state index in [9.17, 15) is 4.79 Å². The molecule has 150 valence electrons. The molecule has 6 heteroatoms. The number of hydrogen-bond donors (Lipinski definition) is 0. The molecule has 2 aliphatic heterocycles. The fourth-order valence-electron chi connectivity index (χ4n) is 3.80. The number of carbonyl (C=O) groups excluding carboxylic acids is 1. The van der Waals surface area contributed by atoms with Crippen LogP contribution in [0.3, 0.4) is 0 Å². The molecule has 0 unspecified atom stereocenters. The van der Waals surface area contributed by atoms with Crippen LogP contribution in [0.2, 0.25) is 0 Å². The van der Waals surface area contributed by atoms with Gasteiger partial charge >= 0.3 is 0 Å². The van der Waals surface area contributed by atoms with E-state index < -0.39 is 0 Å². The minimum absolute atomic E-state index is 0.256. The van der Waals surface area contributed by atoms with Crippen molar-refractivity contribution in [2.45, 2.75) is 77.8 Å². The number of ether oxygens (including phenoxy) is 1. The standard InChI is InChI=1S/C21H34N4O2/c1-2-3-4-5-6-7-8-9-10-20(26)25-16-18-15-22-21(23-19(18)17-25)24-11-13-27-14-12-24/h15H,2-14,16-17H2,1H3. The topological polar surface area (TPSA) is 58.6 Å². The largest absolute Gasteiger partial charge is 0.378 e. The predicted octanol–water partition coefficient (Wildman–Crippen LogP) is 3.69. The summed E-state index contributed by atoms with van der Waals surface area (Å²) < 4.78 is 5.39. The van der Waals surface area contributed by atoms with E-state index in [0.717, 1.165) is 49.9 Å². The van der Waals surface area contributed by atoms with Crippen molar-refractivity contribution in [1.29, 1.82) is 0 Å². The van der Waals surface area contributed by atoms with Crippen molar-refractivity contribution in [2.24, 2.45) is 0 Å². The summed E-state index contributed by atoms with van der Waals surface area (Å²) >= 11 is 0. The smallest absolute Gasteiger partial charge is 0.225 e. The predicted molar refractivity (Wildman–Crippen MR) is 107 cm³/mol. The van der Waals surface area contributed by atoms with Gasteiger partial charge in [-0.05, 0) is 6.42 Å². The first-order valence-corrected chi connectivity index (χ1v) is 10.7. The average Bonchev–Trinajstić information content (AvgIpc) is 3.14. The highest BCUT2D eigenvalue weighted by Gasteiger charge is 2.26. The first-order valence-electron chi connectivity index (χ1n) is 10.7. The molecular weight excluding hydrogens is 340 g/mol. The van der Waals surface area contributed by atoms with Crippen LogP contribution in [0.5, 0.6) is 0 Å². The second kappa shape index (κ2) is 10.6. The summed E-state index contributed by atoms with van der Waals surface area (Å²) in [4.78, 5) is 25.8. The summed E-state index contributed by atoms with van der Waals surface area (Å²) in [7, 11) is 0. The third kappa shape index (κ3) is 5.89. The second-order valence-electron chi connectivity index (χ2n) is 7.72. The first kappa shape index (κ1) is 20.1. The molecule has 0 atom stereocenters. The Labute approximate surface area is 163 Å². The van der Waals surface area contributed by atoms with E-state index in [2.05, 4.69) is 16.8 Å². The monoisotopic (exact) mass is 374 g/mol. The lowest BCUT2D eigenvalue weighted by atomic mass is 10.1. The van der Waals surface area contributed by atoms with Crippen molar-refractivity contribution in [3.63, 3.8) is 0 Å². The van der Waals surface area contributed by atoms with E-state index in [1.54, 1.807) is 0 Å². The van der Waals surface area contributed by atoms with Gasteiger partial charge < -0.3 is 14.5 Å². The number of morpholine rings is 1. The molecule has 1 saturated heterocycles. The minimum Gasteiger partial charge on any atom is -0.378 e. The summed E-state index contributed by atoms with van der Waals surface area (Å²) in [6.45, 7) is 6.66. The third-order valence-corrected chi connectivity index (χ3v) is 5.53. The van der Waals surface area contributed by atoms with Crippen LogP contribution in [-0.4, -0.2) is 47.1 Å². The van der Waals surface area contributed by atoms with Crippen molar-refractivity contribution >= 4 is 11.9 Å². The Bertz CT molecular complexity index is 602. The Balaban J connectivity index is 1.38. The molecule has 2 aliphatic rings. The Morgan fingerprint density at radius 3 is 2.48 bits per heavy atom. The van der Waals surface area contributed by atoms with Crippen LogP contribution < -0.4 is 4.90 Å². The maximum absolute atomic E-state index is 12.5. The van der Waals surface area contributed by atoms with E-state index >= 15 is 0 Å². The van der Waals surface area contributed by atoms with E-state index in [1.165, 1.54) is 44.9 Å². The highest BCUT2D eigenvalue weighted by atomic mass is 16.5. The molecule has 0 bridgehead atoms. The average molecular weight is 375 g/mol. The maximum atomic E-state index is 12.5. The zero-order chi connectivity index (χ0) is 18.9. The molecule has 0 radical (unpaired) electrons. The summed E-state index contributed by atoms with van der Waals surface area (Å²) in [5.74, 6) is 1.03. The summed E-state index contributed by atoms with van der Waals surface area (Å²) in [5, 5.41) is 0. The van der Waals surface area contributed by atoms with Crippen LogP contribution in [0.25, 0.3) is 0 Å². The lowest BCUT2D eigenvalue weighted by Gasteiger charge is -2.26. The highest BCUT2D eigenvalue weighted by Crippen LogP contribution is 2.24. The molecule has 0 aromatic carbocycles. The number of rotatable bonds is 10. The molecule has 0 N–H and O–H groups in total. The Hall–Kier alpha value is -1.69. The molecule has 1 aromatic rings. The molecule has 3 heterocycles. The fourth-order valence-corrected chi connectivity index (χ4v) is 3.80. The Morgan fingerprint density at radius 1 is 1.04 bits per heavy atom. The van der Waals surface area contributed by atoms with Crippen molar-refractivity contribution in [2.75, 3.05) is 31.2 Å². The molecule has 0 saturated carbocycles. The quantitative estimate of drug-likeness (QED) is 0.585. The van der Waals surface area contributed by atoms with E-state index in [0.29, 0.717) is 19.5 Å². The molecule has 27 heavy (non-hydrogen) atoms. The summed E-state index contributed by atoms with van der Waals surface area (Å²) in [6.07, 6.45) is 12.6. The van der Waals surface area contributed by atoms with E-state index in [4.69, 9.17) is 9.72 Å². The number of nitrogens with zero attached hydrogens (tertiary/aromatic N) is 4. The van der Waals surface area contributed by atoms with Gasteiger partial charge in [0, 0.05) is 37.8 Å². The molecule has 0 aliphatic carbocycles. The number of unbranched alkanes of at least 4 members (excludes halogenated alkanes) is 7. The molecule has 1 aromatic heterocycles. The lowest BCUT2D eigenvalue weighted by molar-refractivity contribution is -0.131. The summed E-state index contributed by atoms with van der Waals surface area (Å²) in [5.41, 5.74) is 2.10. The van der Waals surface area contributed by atoms with Gasteiger partial charge in [0.2, 0.25) is 11.9 Å². The van der Waals surface area contributed by atoms with Crippen LogP contribution in [0, 0.1) is 0 Å². The molecule has 6 nitrogen and oxygen atoms in total. The number of hydrogen-bond acceptors (Lipinski definition) is 5. The zero-order valence-electron chi connectivity index (χ0n) is 16.8. The SMILES string of the molecule is CCCCCCCCCCC(=O)N1Cc2cnc(N3CCOCC3)nc2C1. The first-order chi connectivity index (χ1) is 13.3. The zero-order valence-corrected chi connectivity index (χ0v) is 16.8. The van der Waals surface area contributed by atoms with Crippen LogP contribution in [0.1, 0.15) is 76.0 Å². The lowest BCUT2D eigenvalue weighted by Crippen LogP contribution is -2.37. The number of fused-ring (bicyclic) bond motifs is 1. The van der Waals surface area contributed by atoms with Crippen LogP contribution in [0.4, 0.5) is 5.95 Å². The number of anilines is 1. The van der Waals surface area contributed by atoms with Gasteiger partial charge in [-0.1, -0.05) is 51.9 Å². The van der Waals surface area contributed by atoms with Crippen LogP contribution in [0.15, 0.2) is 6.20 Å². The minimum atomic E-state index is 0.256. The number of amides is 1. The van der Waals surface area contributed by atoms with Gasteiger partial charge in [0.1, 0.15) is 0 Å². The van der Waals surface area contributed by atoms with Gasteiger partial charge in [0.15, 0.2) is 0 Å². The molecular formula is C21H34N4O2. The van der Waals surface area contributed by atoms with Gasteiger partial charge in [0.25, 0.3) is 0 Å². The highest BCUT2D eigenvalue weighted by molar-refractivity contribution is 5.76. The molecule has 0 spiro atoms. The third-order valence-electron chi connectivity index (χ3n) is 5.53. The molecule has 1 fully saturated rings. The summed E-state index contributed by atoms with van der Waals surface area (Å²) in [6, 6.07) is 0. The molecule has 1 amide bonds. The van der Waals surface area contributed by atoms with Gasteiger partial charge in [0.05, 0.1) is 25.5 Å². The van der Waals surface area contributed by atoms with Crippen molar-refractivity contribution < 1.29 is 9.53 Å². The fraction of sp³-hybridized carbons (Fsp3) is 0.762. The second-order valence-corrected chi connectivity index (χ2v) is 7.72. The van der Waals surface area contributed by atoms with Gasteiger partial charge in [-0.15, -0.1) is 0 Å². The van der Waals surface area contributed by atoms with E-state index in [1.807, 2.05) is 11.1 Å². The van der Waals surface area contributed by atoms with Gasteiger partial charge in [-0.25, -0.2) is 9.97 Å². The van der Waals surface area contributed by atoms with Crippen molar-refractivity contribution in [3.05, 3.63) is 17.5 Å². The normalized spacial score (nSPS) is 16.6. The van der Waals surface area contributed by atoms with E-state index in [-0.39, 0.29) is 5.91 Å². The van der Waals surface area contributed by atoms with Gasteiger partial charge in [-0.2, -0.15) is 0 Å². The number of aromatic nitrogens is 2. The van der Waals surface area contributed by atoms with Crippen LogP contribution >= 0.6 is 0 Å². The number of carbonyl (C=O) groups is 1. The Morgan fingerprint density at radius 2 is 1.74 bits per heavy atom. The van der Waals surface area contributed by atoms with Gasteiger partial charge in [-0.3, -0.25) is 4.79 Å². The van der Waals surface area contributed by atoms with Crippen LogP contribution in [-0.2, 0) is 22.6 Å². The molecule has 3 rings (SSSR count). The van der Waals surface area contributed by atoms with Crippen molar-refractivity contribution in [1.82, 2.24) is 14.9 Å². The maximum Gasteiger partial charge on any atom is 0.225 e.